The quantitative estimate of drug-likeness (QED) is 0.921. The van der Waals surface area contributed by atoms with Gasteiger partial charge in [-0.05, 0) is 19.4 Å². The van der Waals surface area contributed by atoms with Crippen LogP contribution in [0.3, 0.4) is 0 Å². The molecule has 1 atom stereocenters. The summed E-state index contributed by atoms with van der Waals surface area (Å²) in [6.07, 6.45) is 2.71. The van der Waals surface area contributed by atoms with Gasteiger partial charge in [-0.25, -0.2) is 0 Å². The first-order chi connectivity index (χ1) is 10.0. The van der Waals surface area contributed by atoms with E-state index in [9.17, 15) is 9.90 Å². The molecule has 0 radical (unpaired) electrons. The van der Waals surface area contributed by atoms with E-state index in [2.05, 4.69) is 0 Å². The molecule has 1 aromatic rings. The van der Waals surface area contributed by atoms with Crippen LogP contribution in [0, 0.1) is 5.41 Å². The molecular weight excluding hydrogens is 266 g/mol. The smallest absolute Gasteiger partial charge is 0.231 e. The van der Waals surface area contributed by atoms with E-state index in [-0.39, 0.29) is 5.91 Å². The van der Waals surface area contributed by atoms with Crippen LogP contribution in [-0.2, 0) is 9.53 Å². The first-order valence-corrected chi connectivity index (χ1v) is 7.30. The zero-order chi connectivity index (χ0) is 15.3. The van der Waals surface area contributed by atoms with E-state index in [0.29, 0.717) is 26.3 Å². The Morgan fingerprint density at radius 1 is 1.29 bits per heavy atom. The summed E-state index contributed by atoms with van der Waals surface area (Å²) < 4.78 is 5.26. The van der Waals surface area contributed by atoms with Gasteiger partial charge in [0.15, 0.2) is 0 Å². The van der Waals surface area contributed by atoms with E-state index >= 15 is 0 Å². The van der Waals surface area contributed by atoms with E-state index in [0.717, 1.165) is 5.56 Å². The lowest BCUT2D eigenvalue weighted by atomic mass is 9.84. The molecule has 4 nitrogen and oxygen atoms in total. The van der Waals surface area contributed by atoms with Gasteiger partial charge in [0.05, 0.1) is 24.7 Å². The van der Waals surface area contributed by atoms with Crippen LogP contribution in [0.15, 0.2) is 36.4 Å². The average Bonchev–Trinajstić information content (AvgIpc) is 2.53. The van der Waals surface area contributed by atoms with Crippen LogP contribution < -0.4 is 0 Å². The van der Waals surface area contributed by atoms with Crippen molar-refractivity contribution in [2.45, 2.75) is 20.0 Å². The molecule has 1 saturated heterocycles. The lowest BCUT2D eigenvalue weighted by Gasteiger charge is -2.36. The maximum atomic E-state index is 12.5. The van der Waals surface area contributed by atoms with Crippen molar-refractivity contribution in [2.75, 3.05) is 26.3 Å². The second-order valence-electron chi connectivity index (χ2n) is 5.84. The van der Waals surface area contributed by atoms with Crippen LogP contribution in [0.1, 0.15) is 19.4 Å². The third-order valence-electron chi connectivity index (χ3n) is 3.86. The molecule has 114 valence electrons. The SMILES string of the molecule is CC(C)(C(=O)N1CCOCC1)C(O)/C=C/c1ccccc1. The number of hydrogen-bond acceptors (Lipinski definition) is 3. The Morgan fingerprint density at radius 3 is 2.52 bits per heavy atom. The summed E-state index contributed by atoms with van der Waals surface area (Å²) in [4.78, 5) is 14.3. The summed E-state index contributed by atoms with van der Waals surface area (Å²) in [6, 6.07) is 9.74. The minimum atomic E-state index is -0.845. The van der Waals surface area contributed by atoms with Crippen molar-refractivity contribution in [3.8, 4) is 0 Å². The monoisotopic (exact) mass is 289 g/mol. The fourth-order valence-electron chi connectivity index (χ4n) is 2.31. The highest BCUT2D eigenvalue weighted by atomic mass is 16.5. The molecule has 1 aliphatic heterocycles. The Bertz CT molecular complexity index is 490. The standard InChI is InChI=1S/C17H23NO3/c1-17(2,16(20)18-10-12-21-13-11-18)15(19)9-8-14-6-4-3-5-7-14/h3-9,15,19H,10-13H2,1-2H3/b9-8+. The first kappa shape index (κ1) is 15.7. The number of nitrogens with zero attached hydrogens (tertiary/aromatic N) is 1. The van der Waals surface area contributed by atoms with Crippen molar-refractivity contribution in [3.05, 3.63) is 42.0 Å². The van der Waals surface area contributed by atoms with E-state index in [1.807, 2.05) is 36.4 Å². The number of benzene rings is 1. The van der Waals surface area contributed by atoms with Gasteiger partial charge >= 0.3 is 0 Å². The fourth-order valence-corrected chi connectivity index (χ4v) is 2.31. The average molecular weight is 289 g/mol. The Morgan fingerprint density at radius 2 is 1.90 bits per heavy atom. The van der Waals surface area contributed by atoms with Crippen molar-refractivity contribution < 1.29 is 14.6 Å². The topological polar surface area (TPSA) is 49.8 Å². The second kappa shape index (κ2) is 6.87. The molecule has 1 amide bonds. The van der Waals surface area contributed by atoms with Gasteiger partial charge in [-0.3, -0.25) is 4.79 Å². The third kappa shape index (κ3) is 3.93. The largest absolute Gasteiger partial charge is 0.388 e. The molecule has 0 bridgehead atoms. The van der Waals surface area contributed by atoms with Crippen molar-refractivity contribution in [1.82, 2.24) is 4.90 Å². The maximum absolute atomic E-state index is 12.5. The number of morpholine rings is 1. The van der Waals surface area contributed by atoms with Crippen molar-refractivity contribution in [2.24, 2.45) is 5.41 Å². The molecule has 0 aliphatic carbocycles. The molecule has 1 unspecified atom stereocenters. The van der Waals surface area contributed by atoms with Gasteiger partial charge in [0.25, 0.3) is 0 Å². The number of aliphatic hydroxyl groups is 1. The van der Waals surface area contributed by atoms with Crippen LogP contribution in [0.4, 0.5) is 0 Å². The molecule has 4 heteroatoms. The highest BCUT2D eigenvalue weighted by Gasteiger charge is 2.37. The van der Waals surface area contributed by atoms with Gasteiger partial charge < -0.3 is 14.7 Å². The molecule has 1 aliphatic rings. The third-order valence-corrected chi connectivity index (χ3v) is 3.86. The van der Waals surface area contributed by atoms with E-state index in [4.69, 9.17) is 4.74 Å². The summed E-state index contributed by atoms with van der Waals surface area (Å²) in [5, 5.41) is 10.4. The van der Waals surface area contributed by atoms with Crippen LogP contribution in [0.5, 0.6) is 0 Å². The fraction of sp³-hybridized carbons (Fsp3) is 0.471. The van der Waals surface area contributed by atoms with E-state index < -0.39 is 11.5 Å². The Labute approximate surface area is 126 Å². The van der Waals surface area contributed by atoms with Crippen molar-refractivity contribution in [1.29, 1.82) is 0 Å². The number of hydrogen-bond donors (Lipinski definition) is 1. The molecule has 1 aromatic carbocycles. The Balaban J connectivity index is 2.03. The molecule has 0 aromatic heterocycles. The molecule has 2 rings (SSSR count). The number of carbonyl (C=O) groups excluding carboxylic acids is 1. The summed E-state index contributed by atoms with van der Waals surface area (Å²) in [5.74, 6) is -0.0315. The lowest BCUT2D eigenvalue weighted by molar-refractivity contribution is -0.148. The van der Waals surface area contributed by atoms with Crippen LogP contribution in [0.25, 0.3) is 6.08 Å². The van der Waals surface area contributed by atoms with Crippen LogP contribution >= 0.6 is 0 Å². The molecule has 21 heavy (non-hydrogen) atoms. The highest BCUT2D eigenvalue weighted by molar-refractivity contribution is 5.83. The first-order valence-electron chi connectivity index (χ1n) is 7.30. The van der Waals surface area contributed by atoms with Crippen LogP contribution in [0.2, 0.25) is 0 Å². The predicted molar refractivity (Wildman–Crippen MR) is 82.7 cm³/mol. The number of carbonyl (C=O) groups is 1. The van der Waals surface area contributed by atoms with Gasteiger partial charge in [-0.2, -0.15) is 0 Å². The Hall–Kier alpha value is -1.65. The van der Waals surface area contributed by atoms with Gasteiger partial charge in [0.1, 0.15) is 0 Å². The highest BCUT2D eigenvalue weighted by Crippen LogP contribution is 2.26. The predicted octanol–water partition coefficient (Wildman–Crippen LogP) is 1.95. The lowest BCUT2D eigenvalue weighted by Crippen LogP contribution is -2.50. The minimum Gasteiger partial charge on any atom is -0.388 e. The molecule has 1 heterocycles. The van der Waals surface area contributed by atoms with Gasteiger partial charge in [-0.15, -0.1) is 0 Å². The molecular formula is C17H23NO3. The van der Waals surface area contributed by atoms with E-state index in [1.54, 1.807) is 24.8 Å². The maximum Gasteiger partial charge on any atom is 0.231 e. The normalized spacial score (nSPS) is 18.0. The number of ether oxygens (including phenoxy) is 1. The summed E-state index contributed by atoms with van der Waals surface area (Å²) in [5.41, 5.74) is 0.161. The second-order valence-corrected chi connectivity index (χ2v) is 5.84. The number of aliphatic hydroxyl groups excluding tert-OH is 1. The minimum absolute atomic E-state index is 0.0315. The number of amides is 1. The molecule has 0 saturated carbocycles. The summed E-state index contributed by atoms with van der Waals surface area (Å²) in [6.45, 7) is 5.89. The Kier molecular flexibility index (Phi) is 5.15. The zero-order valence-electron chi connectivity index (χ0n) is 12.7. The van der Waals surface area contributed by atoms with E-state index in [1.165, 1.54) is 0 Å². The summed E-state index contributed by atoms with van der Waals surface area (Å²) in [7, 11) is 0. The van der Waals surface area contributed by atoms with Crippen LogP contribution in [-0.4, -0.2) is 48.3 Å². The van der Waals surface area contributed by atoms with Gasteiger partial charge in [-0.1, -0.05) is 42.5 Å². The van der Waals surface area contributed by atoms with Crippen molar-refractivity contribution >= 4 is 12.0 Å². The number of rotatable bonds is 4. The molecule has 1 N–H and O–H groups in total. The molecule has 1 fully saturated rings. The summed E-state index contributed by atoms with van der Waals surface area (Å²) >= 11 is 0. The van der Waals surface area contributed by atoms with Gasteiger partial charge in [0.2, 0.25) is 5.91 Å². The van der Waals surface area contributed by atoms with Crippen molar-refractivity contribution in [3.63, 3.8) is 0 Å². The zero-order valence-corrected chi connectivity index (χ0v) is 12.7. The molecule has 0 spiro atoms. The van der Waals surface area contributed by atoms with Gasteiger partial charge in [0, 0.05) is 13.1 Å².